The van der Waals surface area contributed by atoms with Gasteiger partial charge in [-0.1, -0.05) is 23.7 Å². The van der Waals surface area contributed by atoms with Crippen LogP contribution in [-0.2, 0) is 13.0 Å². The molecule has 0 unspecified atom stereocenters. The van der Waals surface area contributed by atoms with Crippen molar-refractivity contribution in [3.63, 3.8) is 0 Å². The second-order valence-electron chi connectivity index (χ2n) is 5.30. The molecule has 0 bridgehead atoms. The molecule has 0 aliphatic heterocycles. The number of nitrogens with one attached hydrogen (secondary N) is 1. The third kappa shape index (κ3) is 6.53. The highest BCUT2D eigenvalue weighted by Gasteiger charge is 2.05. The molecule has 0 amide bonds. The van der Waals surface area contributed by atoms with E-state index < -0.39 is 0 Å². The molecule has 2 rings (SSSR count). The van der Waals surface area contributed by atoms with Gasteiger partial charge in [0.25, 0.3) is 0 Å². The van der Waals surface area contributed by atoms with E-state index in [2.05, 4.69) is 10.3 Å². The molecule has 0 aromatic heterocycles. The second-order valence-corrected chi connectivity index (χ2v) is 5.71. The molecule has 5 nitrogen and oxygen atoms in total. The molecule has 26 heavy (non-hydrogen) atoms. The molecule has 0 saturated carbocycles. The number of hydrogen-bond donors (Lipinski definition) is 2. The molecule has 142 valence electrons. The number of guanidine groups is 1. The summed E-state index contributed by atoms with van der Waals surface area (Å²) in [7, 11) is 3.17. The maximum atomic E-state index is 13.0. The molecule has 0 radical (unpaired) electrons. The highest BCUT2D eigenvalue weighted by atomic mass is 127. The molecule has 0 aliphatic carbocycles. The molecule has 2 aromatic carbocycles. The van der Waals surface area contributed by atoms with Gasteiger partial charge in [0.15, 0.2) is 17.5 Å². The third-order valence-corrected chi connectivity index (χ3v) is 3.95. The Morgan fingerprint density at radius 1 is 1.15 bits per heavy atom. The Bertz CT molecular complexity index is 759. The van der Waals surface area contributed by atoms with Crippen molar-refractivity contribution in [3.8, 4) is 11.5 Å². The van der Waals surface area contributed by atoms with Crippen LogP contribution in [0.2, 0.25) is 5.02 Å². The lowest BCUT2D eigenvalue weighted by Gasteiger charge is -2.09. The number of aliphatic imine (C=N–C) groups is 1. The number of nitrogens with two attached hydrogens (primary N) is 1. The van der Waals surface area contributed by atoms with E-state index in [1.165, 1.54) is 12.1 Å². The molecule has 3 N–H and O–H groups in total. The number of hydrogen-bond acceptors (Lipinski definition) is 3. The summed E-state index contributed by atoms with van der Waals surface area (Å²) in [5.74, 6) is 1.29. The maximum absolute atomic E-state index is 13.0. The van der Waals surface area contributed by atoms with Gasteiger partial charge >= 0.3 is 0 Å². The fourth-order valence-corrected chi connectivity index (χ4v) is 2.52. The average Bonchev–Trinajstić information content (AvgIpc) is 2.61. The zero-order chi connectivity index (χ0) is 18.2. The van der Waals surface area contributed by atoms with Crippen molar-refractivity contribution in [2.45, 2.75) is 13.0 Å². The van der Waals surface area contributed by atoms with Gasteiger partial charge in [0.2, 0.25) is 0 Å². The van der Waals surface area contributed by atoms with Crippen LogP contribution >= 0.6 is 35.6 Å². The van der Waals surface area contributed by atoms with Crippen LogP contribution in [0.25, 0.3) is 0 Å². The van der Waals surface area contributed by atoms with Crippen LogP contribution in [0, 0.1) is 5.82 Å². The van der Waals surface area contributed by atoms with E-state index in [1.807, 2.05) is 18.2 Å². The van der Waals surface area contributed by atoms with Crippen LogP contribution in [0.3, 0.4) is 0 Å². The smallest absolute Gasteiger partial charge is 0.188 e. The van der Waals surface area contributed by atoms with Gasteiger partial charge in [-0.15, -0.1) is 24.0 Å². The fraction of sp³-hybridized carbons (Fsp3) is 0.278. The van der Waals surface area contributed by atoms with Gasteiger partial charge in [0.05, 0.1) is 20.8 Å². The lowest BCUT2D eigenvalue weighted by Crippen LogP contribution is -2.33. The fourth-order valence-electron chi connectivity index (χ4n) is 2.26. The first kappa shape index (κ1) is 22.3. The van der Waals surface area contributed by atoms with Gasteiger partial charge in [0.1, 0.15) is 5.82 Å². The Labute approximate surface area is 174 Å². The molecular formula is C18H22ClFIN3O2. The van der Waals surface area contributed by atoms with Crippen LogP contribution in [0.4, 0.5) is 4.39 Å². The van der Waals surface area contributed by atoms with Crippen molar-refractivity contribution < 1.29 is 13.9 Å². The number of halogens is 3. The topological polar surface area (TPSA) is 68.9 Å². The number of rotatable bonds is 7. The van der Waals surface area contributed by atoms with E-state index >= 15 is 0 Å². The molecule has 0 saturated heterocycles. The van der Waals surface area contributed by atoms with Crippen LogP contribution in [0.5, 0.6) is 11.5 Å². The standard InChI is InChI=1S/C18H21ClFN3O2.HI/c1-24-16-6-3-12(9-17(16)25-2)11-23-18(21)22-8-7-13-4-5-14(20)10-15(13)19;/h3-6,9-10H,7-8,11H2,1-2H3,(H3,21,22,23);1H. The highest BCUT2D eigenvalue weighted by molar-refractivity contribution is 14.0. The molecule has 0 aliphatic rings. The first-order chi connectivity index (χ1) is 12.0. The Morgan fingerprint density at radius 3 is 2.54 bits per heavy atom. The van der Waals surface area contributed by atoms with E-state index in [0.29, 0.717) is 42.0 Å². The normalized spacial score (nSPS) is 10.8. The third-order valence-electron chi connectivity index (χ3n) is 3.60. The van der Waals surface area contributed by atoms with Crippen LogP contribution in [0.15, 0.2) is 41.4 Å². The molecule has 8 heteroatoms. The van der Waals surface area contributed by atoms with E-state index in [1.54, 1.807) is 20.3 Å². The maximum Gasteiger partial charge on any atom is 0.188 e. The summed E-state index contributed by atoms with van der Waals surface area (Å²) in [6, 6.07) is 9.92. The summed E-state index contributed by atoms with van der Waals surface area (Å²) in [5.41, 5.74) is 7.66. The molecule has 2 aromatic rings. The van der Waals surface area contributed by atoms with Gasteiger partial charge < -0.3 is 20.5 Å². The van der Waals surface area contributed by atoms with E-state index in [9.17, 15) is 4.39 Å². The van der Waals surface area contributed by atoms with Gasteiger partial charge in [-0.05, 0) is 41.8 Å². The first-order valence-electron chi connectivity index (χ1n) is 7.72. The van der Waals surface area contributed by atoms with Crippen LogP contribution in [0.1, 0.15) is 11.1 Å². The zero-order valence-corrected chi connectivity index (χ0v) is 17.7. The predicted octanol–water partition coefficient (Wildman–Crippen LogP) is 3.76. The van der Waals surface area contributed by atoms with Crippen molar-refractivity contribution >= 4 is 41.5 Å². The van der Waals surface area contributed by atoms with Gasteiger partial charge in [-0.3, -0.25) is 0 Å². The van der Waals surface area contributed by atoms with Crippen LogP contribution in [-0.4, -0.2) is 26.7 Å². The summed E-state index contributed by atoms with van der Waals surface area (Å²) in [6.45, 7) is 0.961. The predicted molar refractivity (Wildman–Crippen MR) is 113 cm³/mol. The summed E-state index contributed by atoms with van der Waals surface area (Å²) in [6.07, 6.45) is 0.617. The molecule has 0 fully saturated rings. The van der Waals surface area contributed by atoms with E-state index in [-0.39, 0.29) is 29.8 Å². The lowest BCUT2D eigenvalue weighted by molar-refractivity contribution is 0.354. The molecular weight excluding hydrogens is 472 g/mol. The Hall–Kier alpha value is -1.74. The first-order valence-corrected chi connectivity index (χ1v) is 8.10. The largest absolute Gasteiger partial charge is 0.493 e. The van der Waals surface area contributed by atoms with Crippen molar-refractivity contribution in [1.29, 1.82) is 0 Å². The lowest BCUT2D eigenvalue weighted by atomic mass is 10.1. The van der Waals surface area contributed by atoms with Crippen LogP contribution < -0.4 is 20.5 Å². The van der Waals surface area contributed by atoms with Gasteiger partial charge in [0, 0.05) is 11.6 Å². The van der Waals surface area contributed by atoms with Crippen molar-refractivity contribution in [3.05, 3.63) is 58.4 Å². The average molecular weight is 494 g/mol. The molecule has 0 atom stereocenters. The quantitative estimate of drug-likeness (QED) is 0.350. The summed E-state index contributed by atoms with van der Waals surface area (Å²) in [5, 5.41) is 3.42. The van der Waals surface area contributed by atoms with Gasteiger partial charge in [-0.2, -0.15) is 0 Å². The van der Waals surface area contributed by atoms with Crippen molar-refractivity contribution in [2.24, 2.45) is 10.7 Å². The monoisotopic (exact) mass is 493 g/mol. The molecule has 0 heterocycles. The minimum atomic E-state index is -0.349. The Balaban J connectivity index is 0.00000338. The second kappa shape index (κ2) is 11.1. The number of benzene rings is 2. The SMILES string of the molecule is COc1ccc(CN=C(N)NCCc2ccc(F)cc2Cl)cc1OC.I. The van der Waals surface area contributed by atoms with E-state index in [4.69, 9.17) is 26.8 Å². The summed E-state index contributed by atoms with van der Waals surface area (Å²) < 4.78 is 23.5. The minimum absolute atomic E-state index is 0. The summed E-state index contributed by atoms with van der Waals surface area (Å²) >= 11 is 5.99. The minimum Gasteiger partial charge on any atom is -0.493 e. The zero-order valence-electron chi connectivity index (χ0n) is 14.6. The van der Waals surface area contributed by atoms with Crippen molar-refractivity contribution in [1.82, 2.24) is 5.32 Å². The number of methoxy groups -OCH3 is 2. The van der Waals surface area contributed by atoms with E-state index in [0.717, 1.165) is 11.1 Å². The highest BCUT2D eigenvalue weighted by Crippen LogP contribution is 2.27. The number of ether oxygens (including phenoxy) is 2. The van der Waals surface area contributed by atoms with Gasteiger partial charge in [-0.25, -0.2) is 9.38 Å². The van der Waals surface area contributed by atoms with Crippen molar-refractivity contribution in [2.75, 3.05) is 20.8 Å². The Morgan fingerprint density at radius 2 is 1.88 bits per heavy atom. The number of nitrogens with zero attached hydrogens (tertiary/aromatic N) is 1. The summed E-state index contributed by atoms with van der Waals surface area (Å²) in [4.78, 5) is 4.29. The Kier molecular flexibility index (Phi) is 9.50. The molecule has 0 spiro atoms.